The van der Waals surface area contributed by atoms with Gasteiger partial charge in [-0.3, -0.25) is 9.59 Å². The van der Waals surface area contributed by atoms with Gasteiger partial charge in [-0.2, -0.15) is 0 Å². The average Bonchev–Trinajstić information content (AvgIpc) is 3.96. The quantitative estimate of drug-likeness (QED) is 0.172. The first-order valence-corrected chi connectivity index (χ1v) is 18.3. The number of nitrogens with zero attached hydrogens (tertiary/aromatic N) is 2. The van der Waals surface area contributed by atoms with E-state index in [9.17, 15) is 19.2 Å². The van der Waals surface area contributed by atoms with Crippen LogP contribution in [0.5, 0.6) is 0 Å². The number of aryl methyl sites for hydroxylation is 4. The van der Waals surface area contributed by atoms with E-state index < -0.39 is 0 Å². The number of rotatable bonds is 4. The van der Waals surface area contributed by atoms with E-state index >= 15 is 0 Å². The third-order valence-electron chi connectivity index (χ3n) is 11.0. The van der Waals surface area contributed by atoms with Crippen LogP contribution < -0.4 is 10.6 Å². The van der Waals surface area contributed by atoms with Gasteiger partial charge in [-0.05, 0) is 61.4 Å². The first-order valence-electron chi connectivity index (χ1n) is 18.3. The SMILES string of the molecule is Cc1c(NC(=O)c2ccccc2)c2c(c3c4ccccc4n(C)c13)C(=O)OC2.Cc1c(NC(=O)c2ccccc2)c2c(c3c4ccccc4n(C)c13)C(=O)OC2.O. The molecule has 2 aliphatic rings. The summed E-state index contributed by atoms with van der Waals surface area (Å²) in [4.78, 5) is 50.8. The average molecular weight is 759 g/mol. The number of fused-ring (bicyclic) bond motifs is 10. The molecule has 6 aromatic carbocycles. The molecule has 57 heavy (non-hydrogen) atoms. The lowest BCUT2D eigenvalue weighted by Crippen LogP contribution is -2.15. The van der Waals surface area contributed by atoms with Crippen molar-refractivity contribution < 1.29 is 34.1 Å². The van der Waals surface area contributed by atoms with Gasteiger partial charge in [0.05, 0.1) is 33.5 Å². The van der Waals surface area contributed by atoms with E-state index in [2.05, 4.69) is 19.8 Å². The zero-order chi connectivity index (χ0) is 38.8. The van der Waals surface area contributed by atoms with Crippen LogP contribution in [0.2, 0.25) is 0 Å². The standard InChI is InChI=1S/2C23H18N2O3.H2O/c2*1-13-20(24-22(26)14-8-4-3-5-9-14)16-12-28-23(27)19(16)18-15-10-6-7-11-17(15)25(2)21(13)18;/h2*3-11H,12H2,1-2H3,(H,24,26);1H2. The van der Waals surface area contributed by atoms with Crippen LogP contribution in [-0.4, -0.2) is 38.4 Å². The Morgan fingerprint density at radius 1 is 0.544 bits per heavy atom. The minimum absolute atomic E-state index is 0. The molecule has 11 nitrogen and oxygen atoms in total. The van der Waals surface area contributed by atoms with Crippen LogP contribution in [0.3, 0.4) is 0 Å². The number of carbonyl (C=O) groups excluding carboxylic acids is 4. The van der Waals surface area contributed by atoms with Gasteiger partial charge in [-0.1, -0.05) is 72.8 Å². The molecule has 4 N–H and O–H groups in total. The number of cyclic esters (lactones) is 2. The van der Waals surface area contributed by atoms with Crippen molar-refractivity contribution in [2.24, 2.45) is 14.1 Å². The molecule has 10 rings (SSSR count). The summed E-state index contributed by atoms with van der Waals surface area (Å²) in [6, 6.07) is 34.1. The van der Waals surface area contributed by atoms with Gasteiger partial charge < -0.3 is 34.7 Å². The van der Waals surface area contributed by atoms with Crippen LogP contribution >= 0.6 is 0 Å². The molecule has 0 saturated carbocycles. The number of nitrogens with one attached hydrogen (secondary N) is 2. The lowest BCUT2D eigenvalue weighted by atomic mass is 9.96. The van der Waals surface area contributed by atoms with Gasteiger partial charge in [0, 0.05) is 68.9 Å². The summed E-state index contributed by atoms with van der Waals surface area (Å²) in [6.07, 6.45) is 0. The molecule has 284 valence electrons. The number of para-hydroxylation sites is 2. The number of benzene rings is 6. The van der Waals surface area contributed by atoms with Crippen molar-refractivity contribution in [1.29, 1.82) is 0 Å². The first kappa shape index (κ1) is 36.7. The third kappa shape index (κ3) is 5.70. The minimum Gasteiger partial charge on any atom is -0.457 e. The van der Waals surface area contributed by atoms with Gasteiger partial charge in [0.2, 0.25) is 0 Å². The molecule has 4 heterocycles. The number of carbonyl (C=O) groups is 4. The van der Waals surface area contributed by atoms with E-state index in [0.29, 0.717) is 33.6 Å². The van der Waals surface area contributed by atoms with Crippen molar-refractivity contribution in [2.45, 2.75) is 27.1 Å². The third-order valence-corrected chi connectivity index (χ3v) is 11.0. The highest BCUT2D eigenvalue weighted by Crippen LogP contribution is 2.44. The van der Waals surface area contributed by atoms with E-state index in [0.717, 1.165) is 65.9 Å². The van der Waals surface area contributed by atoms with Gasteiger partial charge in [0.15, 0.2) is 0 Å². The first-order chi connectivity index (χ1) is 27.2. The summed E-state index contributed by atoms with van der Waals surface area (Å²) in [5.74, 6) is -1.09. The predicted molar refractivity (Wildman–Crippen MR) is 221 cm³/mol. The van der Waals surface area contributed by atoms with Gasteiger partial charge in [0.25, 0.3) is 11.8 Å². The molecule has 8 aromatic rings. The highest BCUT2D eigenvalue weighted by molar-refractivity contribution is 6.23. The number of hydrogen-bond acceptors (Lipinski definition) is 6. The highest BCUT2D eigenvalue weighted by Gasteiger charge is 2.34. The molecule has 2 aliphatic heterocycles. The molecule has 0 spiro atoms. The molecule has 2 amide bonds. The predicted octanol–water partition coefficient (Wildman–Crippen LogP) is 8.30. The van der Waals surface area contributed by atoms with Crippen LogP contribution in [0.1, 0.15) is 63.7 Å². The van der Waals surface area contributed by atoms with Gasteiger partial charge in [0.1, 0.15) is 13.2 Å². The van der Waals surface area contributed by atoms with Crippen molar-refractivity contribution in [2.75, 3.05) is 10.6 Å². The normalized spacial score (nSPS) is 12.8. The fraction of sp³-hybridized carbons (Fsp3) is 0.130. The van der Waals surface area contributed by atoms with Crippen molar-refractivity contribution in [3.63, 3.8) is 0 Å². The maximum absolute atomic E-state index is 12.8. The molecule has 2 aromatic heterocycles. The molecule has 0 radical (unpaired) electrons. The van der Waals surface area contributed by atoms with Crippen LogP contribution in [-0.2, 0) is 36.8 Å². The Kier molecular flexibility index (Phi) is 9.10. The lowest BCUT2D eigenvalue weighted by Gasteiger charge is -2.15. The van der Waals surface area contributed by atoms with Crippen LogP contribution in [0, 0.1) is 13.8 Å². The number of anilines is 2. The molecular formula is C46H38N4O7. The van der Waals surface area contributed by atoms with Gasteiger partial charge in [-0.15, -0.1) is 0 Å². The zero-order valence-corrected chi connectivity index (χ0v) is 31.7. The molecule has 11 heteroatoms. The van der Waals surface area contributed by atoms with Crippen LogP contribution in [0.4, 0.5) is 11.4 Å². The summed E-state index contributed by atoms with van der Waals surface area (Å²) in [7, 11) is 3.96. The second-order valence-corrected chi connectivity index (χ2v) is 14.1. The van der Waals surface area contributed by atoms with E-state index in [1.165, 1.54) is 0 Å². The number of aromatic nitrogens is 2. The smallest absolute Gasteiger partial charge is 0.339 e. The van der Waals surface area contributed by atoms with Crippen molar-refractivity contribution in [1.82, 2.24) is 9.13 Å². The van der Waals surface area contributed by atoms with E-state index in [1.54, 1.807) is 24.3 Å². The summed E-state index contributed by atoms with van der Waals surface area (Å²) in [6.45, 7) is 4.28. The lowest BCUT2D eigenvalue weighted by molar-refractivity contribution is 0.0527. The van der Waals surface area contributed by atoms with E-state index in [4.69, 9.17) is 9.47 Å². The highest BCUT2D eigenvalue weighted by atomic mass is 16.5. The molecule has 0 unspecified atom stereocenters. The molecule has 0 atom stereocenters. The van der Waals surface area contributed by atoms with E-state index in [-0.39, 0.29) is 42.4 Å². The van der Waals surface area contributed by atoms with Crippen molar-refractivity contribution in [3.8, 4) is 0 Å². The molecule has 0 fully saturated rings. The van der Waals surface area contributed by atoms with Crippen LogP contribution in [0.25, 0.3) is 43.6 Å². The largest absolute Gasteiger partial charge is 0.457 e. The van der Waals surface area contributed by atoms with Crippen molar-refractivity contribution in [3.05, 3.63) is 154 Å². The molecule has 0 aliphatic carbocycles. The number of esters is 2. The van der Waals surface area contributed by atoms with Gasteiger partial charge in [-0.25, -0.2) is 9.59 Å². The Morgan fingerprint density at radius 3 is 1.28 bits per heavy atom. The Hall–Kier alpha value is -7.24. The number of amides is 2. The Labute approximate surface area is 326 Å². The zero-order valence-electron chi connectivity index (χ0n) is 31.7. The summed E-state index contributed by atoms with van der Waals surface area (Å²) < 4.78 is 14.9. The summed E-state index contributed by atoms with van der Waals surface area (Å²) >= 11 is 0. The fourth-order valence-corrected chi connectivity index (χ4v) is 8.46. The van der Waals surface area contributed by atoms with Gasteiger partial charge >= 0.3 is 11.9 Å². The second kappa shape index (κ2) is 14.1. The fourth-order valence-electron chi connectivity index (χ4n) is 8.46. The molecule has 0 bridgehead atoms. The van der Waals surface area contributed by atoms with Crippen molar-refractivity contribution >= 4 is 78.7 Å². The van der Waals surface area contributed by atoms with Crippen LogP contribution in [0.15, 0.2) is 109 Å². The Bertz CT molecular complexity index is 2780. The Morgan fingerprint density at radius 2 is 0.895 bits per heavy atom. The topological polar surface area (TPSA) is 152 Å². The second-order valence-electron chi connectivity index (χ2n) is 14.1. The minimum atomic E-state index is -0.341. The number of ether oxygens (including phenoxy) is 2. The molecule has 0 saturated heterocycles. The Balaban J connectivity index is 0.000000157. The molecular weight excluding hydrogens is 721 g/mol. The summed E-state index contributed by atoms with van der Waals surface area (Å²) in [5.41, 5.74) is 10.8. The number of hydrogen-bond donors (Lipinski definition) is 2. The maximum atomic E-state index is 12.8. The maximum Gasteiger partial charge on any atom is 0.339 e. The monoisotopic (exact) mass is 758 g/mol. The van der Waals surface area contributed by atoms with E-state index in [1.807, 2.05) is 113 Å². The summed E-state index contributed by atoms with van der Waals surface area (Å²) in [5, 5.41) is 9.87.